The fourth-order valence-corrected chi connectivity index (χ4v) is 1.53. The SMILES string of the molecule is CC(=O)SC[C@@H](C)C(=O)O[C@@H](CC(=O)O)C(=O)O. The summed E-state index contributed by atoms with van der Waals surface area (Å²) < 4.78 is 4.57. The first kappa shape index (κ1) is 16.4. The zero-order chi connectivity index (χ0) is 14.3. The third kappa shape index (κ3) is 6.89. The van der Waals surface area contributed by atoms with Gasteiger partial charge in [0.2, 0.25) is 6.10 Å². The Balaban J connectivity index is 4.36. The van der Waals surface area contributed by atoms with Gasteiger partial charge in [0.15, 0.2) is 5.12 Å². The quantitative estimate of drug-likeness (QED) is 0.641. The maximum atomic E-state index is 11.4. The number of carboxylic acid groups (broad SMARTS) is 2. The summed E-state index contributed by atoms with van der Waals surface area (Å²) in [5, 5.41) is 17.0. The fourth-order valence-electron chi connectivity index (χ4n) is 0.905. The van der Waals surface area contributed by atoms with E-state index in [9.17, 15) is 19.2 Å². The topological polar surface area (TPSA) is 118 Å². The minimum Gasteiger partial charge on any atom is -0.481 e. The number of ether oxygens (including phenoxy) is 1. The van der Waals surface area contributed by atoms with Crippen molar-refractivity contribution in [1.82, 2.24) is 0 Å². The van der Waals surface area contributed by atoms with Crippen LogP contribution < -0.4 is 0 Å². The minimum absolute atomic E-state index is 0.160. The molecule has 0 saturated carbocycles. The lowest BCUT2D eigenvalue weighted by molar-refractivity contribution is -0.169. The van der Waals surface area contributed by atoms with E-state index in [0.717, 1.165) is 11.8 Å². The first-order valence-electron chi connectivity index (χ1n) is 5.02. The average Bonchev–Trinajstić information content (AvgIpc) is 2.23. The highest BCUT2D eigenvalue weighted by molar-refractivity contribution is 8.13. The molecule has 0 rings (SSSR count). The molecule has 0 aromatic carbocycles. The maximum absolute atomic E-state index is 11.4. The molecule has 0 fully saturated rings. The maximum Gasteiger partial charge on any atom is 0.345 e. The number of carbonyl (C=O) groups is 4. The second-order valence-electron chi connectivity index (χ2n) is 3.57. The van der Waals surface area contributed by atoms with Crippen molar-refractivity contribution in [3.8, 4) is 0 Å². The van der Waals surface area contributed by atoms with Gasteiger partial charge >= 0.3 is 17.9 Å². The lowest BCUT2D eigenvalue weighted by atomic mass is 10.2. The number of rotatable bonds is 7. The van der Waals surface area contributed by atoms with Crippen LogP contribution in [-0.2, 0) is 23.9 Å². The molecule has 0 aliphatic carbocycles. The lowest BCUT2D eigenvalue weighted by Crippen LogP contribution is -2.32. The molecular formula is C10H14O7S. The molecule has 0 aromatic heterocycles. The van der Waals surface area contributed by atoms with Crippen LogP contribution in [0.5, 0.6) is 0 Å². The standard InChI is InChI=1S/C10H14O7S/c1-5(4-18-6(2)11)10(16)17-7(9(14)15)3-8(12)13/h5,7H,3-4H2,1-2H3,(H,12,13)(H,14,15)/t5-,7+/m1/s1. The summed E-state index contributed by atoms with van der Waals surface area (Å²) in [5.41, 5.74) is 0. The Bertz CT molecular complexity index is 352. The van der Waals surface area contributed by atoms with Crippen molar-refractivity contribution in [3.63, 3.8) is 0 Å². The highest BCUT2D eigenvalue weighted by Gasteiger charge is 2.27. The van der Waals surface area contributed by atoms with E-state index in [1.165, 1.54) is 13.8 Å². The van der Waals surface area contributed by atoms with Gasteiger partial charge in [0, 0.05) is 12.7 Å². The third-order valence-electron chi connectivity index (χ3n) is 1.83. The van der Waals surface area contributed by atoms with Crippen LogP contribution in [0, 0.1) is 5.92 Å². The van der Waals surface area contributed by atoms with E-state index in [2.05, 4.69) is 4.74 Å². The second-order valence-corrected chi connectivity index (χ2v) is 4.76. The zero-order valence-corrected chi connectivity index (χ0v) is 10.7. The largest absolute Gasteiger partial charge is 0.481 e. The van der Waals surface area contributed by atoms with Gasteiger partial charge in [0.05, 0.1) is 12.3 Å². The molecule has 18 heavy (non-hydrogen) atoms. The van der Waals surface area contributed by atoms with Crippen LogP contribution in [0.1, 0.15) is 20.3 Å². The molecule has 102 valence electrons. The van der Waals surface area contributed by atoms with Gasteiger partial charge in [-0.15, -0.1) is 0 Å². The summed E-state index contributed by atoms with van der Waals surface area (Å²) in [6, 6.07) is 0. The molecule has 8 heteroatoms. The van der Waals surface area contributed by atoms with Gasteiger partial charge in [0.1, 0.15) is 0 Å². The molecule has 0 aliphatic heterocycles. The molecule has 0 aromatic rings. The Hall–Kier alpha value is -1.57. The van der Waals surface area contributed by atoms with Crippen LogP contribution in [0.3, 0.4) is 0 Å². The van der Waals surface area contributed by atoms with E-state index in [4.69, 9.17) is 10.2 Å². The highest BCUT2D eigenvalue weighted by atomic mass is 32.2. The predicted molar refractivity (Wildman–Crippen MR) is 62.1 cm³/mol. The Morgan fingerprint density at radius 1 is 1.22 bits per heavy atom. The Labute approximate surface area is 107 Å². The second kappa shape index (κ2) is 7.70. The van der Waals surface area contributed by atoms with Gasteiger partial charge in [0.25, 0.3) is 0 Å². The van der Waals surface area contributed by atoms with Gasteiger partial charge in [-0.25, -0.2) is 4.79 Å². The fraction of sp³-hybridized carbons (Fsp3) is 0.600. The molecule has 0 spiro atoms. The summed E-state index contributed by atoms with van der Waals surface area (Å²) >= 11 is 0.914. The van der Waals surface area contributed by atoms with Crippen molar-refractivity contribution in [2.45, 2.75) is 26.4 Å². The molecule has 2 N–H and O–H groups in total. The molecule has 0 saturated heterocycles. The predicted octanol–water partition coefficient (Wildman–Crippen LogP) is 0.373. The Morgan fingerprint density at radius 3 is 2.17 bits per heavy atom. The van der Waals surface area contributed by atoms with Gasteiger partial charge in [-0.1, -0.05) is 18.7 Å². The lowest BCUT2D eigenvalue weighted by Gasteiger charge is -2.15. The van der Waals surface area contributed by atoms with Crippen LogP contribution in [0.2, 0.25) is 0 Å². The minimum atomic E-state index is -1.71. The van der Waals surface area contributed by atoms with E-state index in [1.807, 2.05) is 0 Å². The number of hydrogen-bond donors (Lipinski definition) is 2. The molecule has 0 bridgehead atoms. The molecule has 0 amide bonds. The molecular weight excluding hydrogens is 264 g/mol. The molecule has 0 unspecified atom stereocenters. The van der Waals surface area contributed by atoms with E-state index in [-0.39, 0.29) is 10.9 Å². The van der Waals surface area contributed by atoms with Crippen LogP contribution >= 0.6 is 11.8 Å². The average molecular weight is 278 g/mol. The Kier molecular flexibility index (Phi) is 7.03. The van der Waals surface area contributed by atoms with Crippen LogP contribution in [0.15, 0.2) is 0 Å². The third-order valence-corrected chi connectivity index (χ3v) is 2.91. The van der Waals surface area contributed by atoms with Crippen LogP contribution in [0.4, 0.5) is 0 Å². The highest BCUT2D eigenvalue weighted by Crippen LogP contribution is 2.12. The summed E-state index contributed by atoms with van der Waals surface area (Å²) in [4.78, 5) is 43.2. The Morgan fingerprint density at radius 2 is 1.78 bits per heavy atom. The van der Waals surface area contributed by atoms with Crippen LogP contribution in [0.25, 0.3) is 0 Å². The molecule has 0 radical (unpaired) electrons. The van der Waals surface area contributed by atoms with Gasteiger partial charge in [-0.05, 0) is 0 Å². The number of hydrogen-bond acceptors (Lipinski definition) is 6. The van der Waals surface area contributed by atoms with Crippen molar-refractivity contribution in [1.29, 1.82) is 0 Å². The number of aliphatic carboxylic acids is 2. The first-order chi connectivity index (χ1) is 8.23. The van der Waals surface area contributed by atoms with E-state index in [1.54, 1.807) is 0 Å². The van der Waals surface area contributed by atoms with Crippen molar-refractivity contribution in [3.05, 3.63) is 0 Å². The number of esters is 1. The smallest absolute Gasteiger partial charge is 0.345 e. The summed E-state index contributed by atoms with van der Waals surface area (Å²) in [6.07, 6.45) is -2.51. The van der Waals surface area contributed by atoms with Crippen molar-refractivity contribution in [2.24, 2.45) is 5.92 Å². The van der Waals surface area contributed by atoms with E-state index in [0.29, 0.717) is 0 Å². The summed E-state index contributed by atoms with van der Waals surface area (Å²) in [6.45, 7) is 2.81. The number of carboxylic acids is 2. The molecule has 0 aliphatic rings. The van der Waals surface area contributed by atoms with Crippen LogP contribution in [-0.4, -0.2) is 45.1 Å². The van der Waals surface area contributed by atoms with Crippen molar-refractivity contribution in [2.75, 3.05) is 5.75 Å². The summed E-state index contributed by atoms with van der Waals surface area (Å²) in [7, 11) is 0. The van der Waals surface area contributed by atoms with E-state index < -0.39 is 36.4 Å². The van der Waals surface area contributed by atoms with E-state index >= 15 is 0 Å². The number of carbonyl (C=O) groups excluding carboxylic acids is 2. The number of thioether (sulfide) groups is 1. The normalized spacial score (nSPS) is 13.4. The first-order valence-corrected chi connectivity index (χ1v) is 6.01. The van der Waals surface area contributed by atoms with Crippen molar-refractivity contribution < 1.29 is 34.1 Å². The molecule has 2 atom stereocenters. The van der Waals surface area contributed by atoms with Gasteiger partial charge in [-0.2, -0.15) is 0 Å². The summed E-state index contributed by atoms with van der Waals surface area (Å²) in [5.74, 6) is -4.25. The van der Waals surface area contributed by atoms with Crippen molar-refractivity contribution >= 4 is 34.8 Å². The van der Waals surface area contributed by atoms with Gasteiger partial charge in [-0.3, -0.25) is 14.4 Å². The van der Waals surface area contributed by atoms with Gasteiger partial charge < -0.3 is 14.9 Å². The molecule has 0 heterocycles. The monoisotopic (exact) mass is 278 g/mol. The molecule has 7 nitrogen and oxygen atoms in total. The zero-order valence-electron chi connectivity index (χ0n) is 9.91.